The van der Waals surface area contributed by atoms with Crippen molar-refractivity contribution in [2.75, 3.05) is 28.3 Å². The van der Waals surface area contributed by atoms with Crippen LogP contribution in [0, 0.1) is 6.92 Å². The number of carbonyl (C=O) groups is 2. The third kappa shape index (κ3) is 3.97. The van der Waals surface area contributed by atoms with Gasteiger partial charge in [0, 0.05) is 17.9 Å². The lowest BCUT2D eigenvalue weighted by Crippen LogP contribution is -2.31. The van der Waals surface area contributed by atoms with Crippen molar-refractivity contribution in [2.24, 2.45) is 0 Å². The van der Waals surface area contributed by atoms with Crippen LogP contribution in [0.1, 0.15) is 11.1 Å². The summed E-state index contributed by atoms with van der Waals surface area (Å²) in [5, 5.41) is 2.86. The number of aryl methyl sites for hydroxylation is 1. The molecule has 0 aromatic heterocycles. The first-order chi connectivity index (χ1) is 11.6. The van der Waals surface area contributed by atoms with E-state index in [1.54, 1.807) is 0 Å². The first kappa shape index (κ1) is 16.6. The highest BCUT2D eigenvalue weighted by atomic mass is 32.2. The van der Waals surface area contributed by atoms with Gasteiger partial charge in [0.1, 0.15) is 0 Å². The fourth-order valence-electron chi connectivity index (χ4n) is 2.83. The van der Waals surface area contributed by atoms with Gasteiger partial charge in [0.2, 0.25) is 11.8 Å². The number of nitrogens with zero attached hydrogens (tertiary/aromatic N) is 1. The van der Waals surface area contributed by atoms with Gasteiger partial charge in [-0.25, -0.2) is 0 Å². The van der Waals surface area contributed by atoms with Crippen LogP contribution in [0.15, 0.2) is 48.5 Å². The molecule has 1 aliphatic heterocycles. The predicted octanol–water partition coefficient (Wildman–Crippen LogP) is 3.26. The Kier molecular flexibility index (Phi) is 5.20. The predicted molar refractivity (Wildman–Crippen MR) is 99.6 cm³/mol. The molecule has 2 amide bonds. The number of carbonyl (C=O) groups excluding carboxylic acids is 2. The van der Waals surface area contributed by atoms with Crippen LogP contribution in [0.2, 0.25) is 0 Å². The Bertz CT molecular complexity index is 761. The number of amides is 2. The summed E-state index contributed by atoms with van der Waals surface area (Å²) >= 11 is 1.35. The minimum Gasteiger partial charge on any atom is -0.325 e. The van der Waals surface area contributed by atoms with Crippen molar-refractivity contribution in [3.63, 3.8) is 0 Å². The molecule has 0 saturated heterocycles. The van der Waals surface area contributed by atoms with Crippen LogP contribution in [0.4, 0.5) is 11.4 Å². The highest BCUT2D eigenvalue weighted by Gasteiger charge is 2.23. The largest absolute Gasteiger partial charge is 0.325 e. The maximum absolute atomic E-state index is 12.4. The molecule has 24 heavy (non-hydrogen) atoms. The Balaban J connectivity index is 1.46. The van der Waals surface area contributed by atoms with E-state index in [0.29, 0.717) is 5.75 Å². The first-order valence-electron chi connectivity index (χ1n) is 7.96. The van der Waals surface area contributed by atoms with Crippen LogP contribution in [-0.4, -0.2) is 29.9 Å². The number of thioether (sulfide) groups is 1. The fraction of sp³-hybridized carbons (Fsp3) is 0.263. The molecular formula is C19H20N2O2S. The van der Waals surface area contributed by atoms with Gasteiger partial charge in [0.05, 0.1) is 11.5 Å². The SMILES string of the molecule is Cc1cccc(NC(=O)CSCC(=O)N2CCc3ccccc32)c1. The van der Waals surface area contributed by atoms with Gasteiger partial charge in [-0.05, 0) is 42.7 Å². The molecule has 1 aliphatic rings. The van der Waals surface area contributed by atoms with E-state index in [-0.39, 0.29) is 17.6 Å². The van der Waals surface area contributed by atoms with Crippen LogP contribution in [-0.2, 0) is 16.0 Å². The van der Waals surface area contributed by atoms with Crippen molar-refractivity contribution in [3.05, 3.63) is 59.7 Å². The van der Waals surface area contributed by atoms with E-state index in [1.165, 1.54) is 17.3 Å². The first-order valence-corrected chi connectivity index (χ1v) is 9.11. The molecule has 0 spiro atoms. The van der Waals surface area contributed by atoms with Gasteiger partial charge < -0.3 is 10.2 Å². The summed E-state index contributed by atoms with van der Waals surface area (Å²) in [5.74, 6) is 0.568. The van der Waals surface area contributed by atoms with Gasteiger partial charge in [0.25, 0.3) is 0 Å². The summed E-state index contributed by atoms with van der Waals surface area (Å²) in [6, 6.07) is 15.7. The molecule has 0 unspecified atom stereocenters. The van der Waals surface area contributed by atoms with Gasteiger partial charge in [-0.15, -0.1) is 11.8 Å². The Morgan fingerprint density at radius 1 is 1.12 bits per heavy atom. The Morgan fingerprint density at radius 3 is 2.79 bits per heavy atom. The maximum Gasteiger partial charge on any atom is 0.237 e. The van der Waals surface area contributed by atoms with Gasteiger partial charge in [0.15, 0.2) is 0 Å². The molecule has 5 heteroatoms. The summed E-state index contributed by atoms with van der Waals surface area (Å²) in [6.07, 6.45) is 0.903. The smallest absolute Gasteiger partial charge is 0.237 e. The Morgan fingerprint density at radius 2 is 1.96 bits per heavy atom. The minimum absolute atomic E-state index is 0.0632. The van der Waals surface area contributed by atoms with Crippen LogP contribution in [0.3, 0.4) is 0 Å². The quantitative estimate of drug-likeness (QED) is 0.909. The molecule has 2 aromatic rings. The second-order valence-corrected chi connectivity index (χ2v) is 6.82. The molecule has 0 radical (unpaired) electrons. The monoisotopic (exact) mass is 340 g/mol. The average molecular weight is 340 g/mol. The molecule has 1 heterocycles. The number of anilines is 2. The molecule has 0 bridgehead atoms. The molecule has 0 saturated carbocycles. The standard InChI is InChI=1S/C19H20N2O2S/c1-14-5-4-7-16(11-14)20-18(22)12-24-13-19(23)21-10-9-15-6-2-3-8-17(15)21/h2-8,11H,9-10,12-13H2,1H3,(H,20,22). The molecule has 1 N–H and O–H groups in total. The molecule has 4 nitrogen and oxygen atoms in total. The van der Waals surface area contributed by atoms with E-state index >= 15 is 0 Å². The highest BCUT2D eigenvalue weighted by Crippen LogP contribution is 2.27. The van der Waals surface area contributed by atoms with E-state index in [1.807, 2.05) is 54.3 Å². The number of hydrogen-bond donors (Lipinski definition) is 1. The third-order valence-corrected chi connectivity index (χ3v) is 4.87. The van der Waals surface area contributed by atoms with Crippen molar-refractivity contribution >= 4 is 35.0 Å². The zero-order valence-corrected chi connectivity index (χ0v) is 14.4. The minimum atomic E-state index is -0.0831. The lowest BCUT2D eigenvalue weighted by Gasteiger charge is -2.17. The normalized spacial score (nSPS) is 12.8. The molecule has 0 atom stereocenters. The van der Waals surface area contributed by atoms with Gasteiger partial charge in [-0.3, -0.25) is 9.59 Å². The zero-order valence-electron chi connectivity index (χ0n) is 13.6. The van der Waals surface area contributed by atoms with Gasteiger partial charge in [-0.1, -0.05) is 30.3 Å². The van der Waals surface area contributed by atoms with Crippen molar-refractivity contribution in [1.29, 1.82) is 0 Å². The summed E-state index contributed by atoms with van der Waals surface area (Å²) in [5.41, 5.74) is 4.11. The molecular weight excluding hydrogens is 320 g/mol. The number of rotatable bonds is 5. The van der Waals surface area contributed by atoms with E-state index in [9.17, 15) is 9.59 Å². The molecule has 3 rings (SSSR count). The van der Waals surface area contributed by atoms with Crippen LogP contribution in [0.5, 0.6) is 0 Å². The van der Waals surface area contributed by atoms with E-state index < -0.39 is 0 Å². The van der Waals surface area contributed by atoms with Gasteiger partial charge >= 0.3 is 0 Å². The van der Waals surface area contributed by atoms with E-state index in [4.69, 9.17) is 0 Å². The maximum atomic E-state index is 12.4. The summed E-state index contributed by atoms with van der Waals surface area (Å²) in [7, 11) is 0. The topological polar surface area (TPSA) is 49.4 Å². The summed E-state index contributed by atoms with van der Waals surface area (Å²) in [4.78, 5) is 26.2. The zero-order chi connectivity index (χ0) is 16.9. The highest BCUT2D eigenvalue weighted by molar-refractivity contribution is 8.00. The average Bonchev–Trinajstić information content (AvgIpc) is 2.99. The van der Waals surface area contributed by atoms with Crippen molar-refractivity contribution < 1.29 is 9.59 Å². The fourth-order valence-corrected chi connectivity index (χ4v) is 3.52. The number of benzene rings is 2. The van der Waals surface area contributed by atoms with Crippen molar-refractivity contribution in [3.8, 4) is 0 Å². The van der Waals surface area contributed by atoms with E-state index in [0.717, 1.165) is 29.9 Å². The second-order valence-electron chi connectivity index (χ2n) is 5.83. The van der Waals surface area contributed by atoms with Gasteiger partial charge in [-0.2, -0.15) is 0 Å². The van der Waals surface area contributed by atoms with Crippen molar-refractivity contribution in [2.45, 2.75) is 13.3 Å². The molecule has 2 aromatic carbocycles. The molecule has 0 aliphatic carbocycles. The second kappa shape index (κ2) is 7.53. The molecule has 0 fully saturated rings. The summed E-state index contributed by atoms with van der Waals surface area (Å²) in [6.45, 7) is 2.71. The van der Waals surface area contributed by atoms with Crippen LogP contribution in [0.25, 0.3) is 0 Å². The lowest BCUT2D eigenvalue weighted by atomic mass is 10.2. The molecule has 124 valence electrons. The summed E-state index contributed by atoms with van der Waals surface area (Å²) < 4.78 is 0. The Labute approximate surface area is 146 Å². The number of fused-ring (bicyclic) bond motifs is 1. The van der Waals surface area contributed by atoms with Crippen molar-refractivity contribution in [1.82, 2.24) is 0 Å². The lowest BCUT2D eigenvalue weighted by molar-refractivity contribution is -0.116. The van der Waals surface area contributed by atoms with Crippen LogP contribution < -0.4 is 10.2 Å². The number of hydrogen-bond acceptors (Lipinski definition) is 3. The number of nitrogens with one attached hydrogen (secondary N) is 1. The van der Waals surface area contributed by atoms with Crippen LogP contribution >= 0.6 is 11.8 Å². The van der Waals surface area contributed by atoms with E-state index in [2.05, 4.69) is 11.4 Å². The number of para-hydroxylation sites is 1. The third-order valence-electron chi connectivity index (χ3n) is 3.95. The Hall–Kier alpha value is -2.27.